The Bertz CT molecular complexity index is 1720. The predicted molar refractivity (Wildman–Crippen MR) is 178 cm³/mol. The summed E-state index contributed by atoms with van der Waals surface area (Å²) >= 11 is 13.0. The second kappa shape index (κ2) is 15.9. The van der Waals surface area contributed by atoms with Crippen molar-refractivity contribution < 1.29 is 27.1 Å². The van der Waals surface area contributed by atoms with Gasteiger partial charge >= 0.3 is 0 Å². The van der Waals surface area contributed by atoms with E-state index >= 15 is 0 Å². The standard InChI is InChI=1S/C34H34Cl2FN3O5S/c1-3-38-34(42)32(21-24-9-6-5-7-10-24)39(22-29-30(35)11-8-12-31(29)36)33(41)23-40(26-15-17-27(18-16-26)45-4-2)46(43,44)28-19-13-25(37)14-20-28/h5-20,32H,3-4,21-23H2,1-2H3,(H,38,42)/t32-/m1/s1. The average molecular weight is 687 g/mol. The maximum Gasteiger partial charge on any atom is 0.264 e. The average Bonchev–Trinajstić information content (AvgIpc) is 3.04. The number of rotatable bonds is 14. The highest BCUT2D eigenvalue weighted by Gasteiger charge is 2.35. The van der Waals surface area contributed by atoms with Crippen molar-refractivity contribution in [2.45, 2.75) is 37.8 Å². The number of benzene rings is 4. The number of carbonyl (C=O) groups excluding carboxylic acids is 2. The van der Waals surface area contributed by atoms with Gasteiger partial charge in [0.25, 0.3) is 10.0 Å². The molecule has 0 unspecified atom stereocenters. The van der Waals surface area contributed by atoms with Gasteiger partial charge in [-0.25, -0.2) is 12.8 Å². The van der Waals surface area contributed by atoms with Crippen molar-refractivity contribution in [1.29, 1.82) is 0 Å². The third-order valence-corrected chi connectivity index (χ3v) is 9.62. The second-order valence-corrected chi connectivity index (χ2v) is 12.9. The van der Waals surface area contributed by atoms with Gasteiger partial charge < -0.3 is 15.0 Å². The van der Waals surface area contributed by atoms with E-state index in [9.17, 15) is 22.4 Å². The first-order valence-electron chi connectivity index (χ1n) is 14.6. The number of sulfonamides is 1. The number of amides is 2. The van der Waals surface area contributed by atoms with Crippen molar-refractivity contribution in [3.05, 3.63) is 124 Å². The van der Waals surface area contributed by atoms with Crippen molar-refractivity contribution in [2.24, 2.45) is 0 Å². The van der Waals surface area contributed by atoms with Crippen LogP contribution in [0.2, 0.25) is 10.0 Å². The Balaban J connectivity index is 1.82. The largest absolute Gasteiger partial charge is 0.494 e. The van der Waals surface area contributed by atoms with E-state index in [0.717, 1.165) is 34.1 Å². The molecule has 1 atom stereocenters. The zero-order chi connectivity index (χ0) is 33.3. The van der Waals surface area contributed by atoms with Crippen molar-refractivity contribution in [1.82, 2.24) is 10.2 Å². The van der Waals surface area contributed by atoms with Gasteiger partial charge in [0, 0.05) is 35.1 Å². The van der Waals surface area contributed by atoms with Crippen LogP contribution in [-0.4, -0.2) is 50.9 Å². The minimum absolute atomic E-state index is 0.133. The van der Waals surface area contributed by atoms with Crippen LogP contribution in [0.3, 0.4) is 0 Å². The van der Waals surface area contributed by atoms with Crippen molar-refractivity contribution >= 4 is 50.7 Å². The summed E-state index contributed by atoms with van der Waals surface area (Å²) in [7, 11) is -4.40. The summed E-state index contributed by atoms with van der Waals surface area (Å²) in [4.78, 5) is 29.1. The van der Waals surface area contributed by atoms with E-state index in [1.165, 1.54) is 17.0 Å². The van der Waals surface area contributed by atoms with Crippen LogP contribution in [0.5, 0.6) is 5.75 Å². The van der Waals surface area contributed by atoms with Gasteiger partial charge in [-0.05, 0) is 80.1 Å². The molecule has 0 spiro atoms. The summed E-state index contributed by atoms with van der Waals surface area (Å²) in [5.74, 6) is -1.23. The summed E-state index contributed by atoms with van der Waals surface area (Å²) in [6.07, 6.45) is 0.133. The lowest BCUT2D eigenvalue weighted by Gasteiger charge is -2.34. The maximum atomic E-state index is 14.5. The molecule has 2 amide bonds. The Hall–Kier alpha value is -4.12. The van der Waals surface area contributed by atoms with Crippen molar-refractivity contribution in [3.63, 3.8) is 0 Å². The molecular weight excluding hydrogens is 652 g/mol. The van der Waals surface area contributed by atoms with Crippen LogP contribution < -0.4 is 14.4 Å². The van der Waals surface area contributed by atoms with Gasteiger partial charge in [-0.3, -0.25) is 13.9 Å². The van der Waals surface area contributed by atoms with E-state index in [1.54, 1.807) is 37.3 Å². The lowest BCUT2D eigenvalue weighted by molar-refractivity contribution is -0.140. The normalized spacial score (nSPS) is 11.8. The lowest BCUT2D eigenvalue weighted by atomic mass is 10.0. The minimum atomic E-state index is -4.40. The van der Waals surface area contributed by atoms with Crippen LogP contribution in [-0.2, 0) is 32.6 Å². The monoisotopic (exact) mass is 685 g/mol. The van der Waals surface area contributed by atoms with Gasteiger partial charge in [-0.2, -0.15) is 0 Å². The number of carbonyl (C=O) groups is 2. The fourth-order valence-corrected chi connectivity index (χ4v) is 6.77. The molecule has 242 valence electrons. The summed E-state index contributed by atoms with van der Waals surface area (Å²) in [5, 5.41) is 3.36. The summed E-state index contributed by atoms with van der Waals surface area (Å²) in [6, 6.07) is 23.5. The molecule has 0 fully saturated rings. The molecule has 8 nitrogen and oxygen atoms in total. The third kappa shape index (κ3) is 8.57. The molecule has 4 rings (SSSR count). The third-order valence-electron chi connectivity index (χ3n) is 7.13. The number of ether oxygens (including phenoxy) is 1. The molecule has 0 heterocycles. The van der Waals surface area contributed by atoms with Crippen LogP contribution in [0.1, 0.15) is 25.0 Å². The van der Waals surface area contributed by atoms with Gasteiger partial charge in [0.2, 0.25) is 11.8 Å². The molecule has 4 aromatic rings. The van der Waals surface area contributed by atoms with Crippen LogP contribution in [0, 0.1) is 5.82 Å². The van der Waals surface area contributed by atoms with Gasteiger partial charge in [-0.15, -0.1) is 0 Å². The molecular formula is C34H34Cl2FN3O5S. The molecule has 46 heavy (non-hydrogen) atoms. The highest BCUT2D eigenvalue weighted by Crippen LogP contribution is 2.30. The van der Waals surface area contributed by atoms with Crippen LogP contribution in [0.4, 0.5) is 10.1 Å². The van der Waals surface area contributed by atoms with Crippen molar-refractivity contribution in [2.75, 3.05) is 24.0 Å². The van der Waals surface area contributed by atoms with E-state index < -0.39 is 40.2 Å². The van der Waals surface area contributed by atoms with E-state index in [1.807, 2.05) is 37.3 Å². The second-order valence-electron chi connectivity index (χ2n) is 10.2. The van der Waals surface area contributed by atoms with Crippen LogP contribution in [0.25, 0.3) is 0 Å². The fraction of sp³-hybridized carbons (Fsp3) is 0.235. The number of likely N-dealkylation sites (N-methyl/N-ethyl adjacent to an activating group) is 1. The summed E-state index contributed by atoms with van der Waals surface area (Å²) in [6.45, 7) is 3.41. The Morgan fingerprint density at radius 1 is 0.870 bits per heavy atom. The number of halogens is 3. The Kier molecular flexibility index (Phi) is 12.0. The number of nitrogens with one attached hydrogen (secondary N) is 1. The molecule has 12 heteroatoms. The Labute approximate surface area is 278 Å². The topological polar surface area (TPSA) is 96.0 Å². The molecule has 4 aromatic carbocycles. The number of nitrogens with zero attached hydrogens (tertiary/aromatic N) is 2. The first kappa shape index (κ1) is 34.7. The molecule has 0 saturated carbocycles. The molecule has 0 aliphatic carbocycles. The fourth-order valence-electron chi connectivity index (χ4n) is 4.84. The predicted octanol–water partition coefficient (Wildman–Crippen LogP) is 6.50. The quantitative estimate of drug-likeness (QED) is 0.163. The van der Waals surface area contributed by atoms with Gasteiger partial charge in [0.05, 0.1) is 17.2 Å². The molecule has 1 N–H and O–H groups in total. The first-order valence-corrected chi connectivity index (χ1v) is 16.8. The van der Waals surface area contributed by atoms with E-state index in [4.69, 9.17) is 27.9 Å². The first-order chi connectivity index (χ1) is 22.0. The minimum Gasteiger partial charge on any atom is -0.494 e. The highest BCUT2D eigenvalue weighted by molar-refractivity contribution is 7.92. The lowest BCUT2D eigenvalue weighted by Crippen LogP contribution is -2.53. The molecule has 0 aromatic heterocycles. The van der Waals surface area contributed by atoms with Crippen LogP contribution >= 0.6 is 23.2 Å². The van der Waals surface area contributed by atoms with E-state index in [2.05, 4.69) is 5.32 Å². The zero-order valence-corrected chi connectivity index (χ0v) is 27.7. The number of anilines is 1. The van der Waals surface area contributed by atoms with Crippen LogP contribution in [0.15, 0.2) is 102 Å². The molecule has 0 saturated heterocycles. The molecule has 0 radical (unpaired) electrons. The molecule has 0 aliphatic rings. The zero-order valence-electron chi connectivity index (χ0n) is 25.3. The summed E-state index contributed by atoms with van der Waals surface area (Å²) in [5.41, 5.74) is 1.34. The smallest absolute Gasteiger partial charge is 0.264 e. The van der Waals surface area contributed by atoms with E-state index in [-0.39, 0.29) is 33.6 Å². The van der Waals surface area contributed by atoms with E-state index in [0.29, 0.717) is 24.5 Å². The number of hydrogen-bond donors (Lipinski definition) is 1. The molecule has 0 aliphatic heterocycles. The Morgan fingerprint density at radius 3 is 2.09 bits per heavy atom. The Morgan fingerprint density at radius 2 is 1.50 bits per heavy atom. The molecule has 0 bridgehead atoms. The summed E-state index contributed by atoms with van der Waals surface area (Å²) < 4.78 is 48.3. The van der Waals surface area contributed by atoms with Crippen molar-refractivity contribution in [3.8, 4) is 5.75 Å². The van der Waals surface area contributed by atoms with Gasteiger partial charge in [-0.1, -0.05) is 59.6 Å². The van der Waals surface area contributed by atoms with Gasteiger partial charge in [0.15, 0.2) is 0 Å². The number of hydrogen-bond acceptors (Lipinski definition) is 5. The SMILES string of the molecule is CCNC(=O)[C@@H](Cc1ccccc1)N(Cc1c(Cl)cccc1Cl)C(=O)CN(c1ccc(OCC)cc1)S(=O)(=O)c1ccc(F)cc1. The highest BCUT2D eigenvalue weighted by atomic mass is 35.5. The van der Waals surface area contributed by atoms with Gasteiger partial charge in [0.1, 0.15) is 24.2 Å². The maximum absolute atomic E-state index is 14.5.